The van der Waals surface area contributed by atoms with Crippen LogP contribution in [0.3, 0.4) is 0 Å². The van der Waals surface area contributed by atoms with E-state index < -0.39 is 0 Å². The van der Waals surface area contributed by atoms with Crippen molar-refractivity contribution in [2.24, 2.45) is 5.41 Å². The molecule has 0 aliphatic carbocycles. The third kappa shape index (κ3) is 12.4. The molecule has 0 aromatic heterocycles. The standard InChI is InChI=1S/C8H8.C7H14O2.C2H4/c1-2-8-6-4-3-5-7-8;1-4-9-6-7(2,3)5-8;1-2/h2-7H,1H2;4,8H,1,5-6H2,2-3H3;1-2H2. The van der Waals surface area contributed by atoms with Crippen molar-refractivity contribution in [3.05, 3.63) is 68.5 Å². The van der Waals surface area contributed by atoms with Gasteiger partial charge in [-0.1, -0.05) is 63.4 Å². The quantitative estimate of drug-likeness (QED) is 0.633. The molecule has 19 heavy (non-hydrogen) atoms. The van der Waals surface area contributed by atoms with Crippen LogP contribution in [0.25, 0.3) is 6.08 Å². The Hall–Kier alpha value is -1.80. The van der Waals surface area contributed by atoms with Crippen LogP contribution < -0.4 is 0 Å². The van der Waals surface area contributed by atoms with Gasteiger partial charge in [0.05, 0.1) is 19.5 Å². The summed E-state index contributed by atoms with van der Waals surface area (Å²) in [6, 6.07) is 10.0. The Balaban J connectivity index is 0. The van der Waals surface area contributed by atoms with Gasteiger partial charge in [-0.3, -0.25) is 0 Å². The maximum Gasteiger partial charge on any atom is 0.0945 e. The molecular formula is C17H26O2. The van der Waals surface area contributed by atoms with Gasteiger partial charge in [-0.25, -0.2) is 0 Å². The lowest BCUT2D eigenvalue weighted by Gasteiger charge is -2.19. The van der Waals surface area contributed by atoms with Crippen molar-refractivity contribution in [3.63, 3.8) is 0 Å². The highest BCUT2D eigenvalue weighted by Crippen LogP contribution is 2.13. The third-order valence-corrected chi connectivity index (χ3v) is 2.06. The van der Waals surface area contributed by atoms with Crippen molar-refractivity contribution in [2.75, 3.05) is 13.2 Å². The van der Waals surface area contributed by atoms with E-state index in [0.717, 1.165) is 0 Å². The van der Waals surface area contributed by atoms with Gasteiger partial charge in [0.25, 0.3) is 0 Å². The average molecular weight is 262 g/mol. The normalized spacial score (nSPS) is 9.00. The topological polar surface area (TPSA) is 29.5 Å². The van der Waals surface area contributed by atoms with E-state index in [-0.39, 0.29) is 12.0 Å². The molecule has 0 amide bonds. The fourth-order valence-electron chi connectivity index (χ4n) is 0.919. The summed E-state index contributed by atoms with van der Waals surface area (Å²) in [5.74, 6) is 0. The Labute approximate surface area is 117 Å². The van der Waals surface area contributed by atoms with Gasteiger partial charge in [0.2, 0.25) is 0 Å². The SMILES string of the molecule is C=C.C=COCC(C)(C)CO.C=Cc1ccccc1. The minimum atomic E-state index is -0.145. The molecule has 1 aromatic rings. The molecule has 106 valence electrons. The predicted molar refractivity (Wildman–Crippen MR) is 84.8 cm³/mol. The monoisotopic (exact) mass is 262 g/mol. The van der Waals surface area contributed by atoms with E-state index in [1.54, 1.807) is 0 Å². The first-order valence-electron chi connectivity index (χ1n) is 6.06. The Bertz CT molecular complexity index is 328. The molecule has 1 rings (SSSR count). The van der Waals surface area contributed by atoms with Gasteiger partial charge in [-0.2, -0.15) is 0 Å². The highest BCUT2D eigenvalue weighted by molar-refractivity contribution is 5.45. The zero-order valence-electron chi connectivity index (χ0n) is 12.1. The Morgan fingerprint density at radius 1 is 1.16 bits per heavy atom. The zero-order chi connectivity index (χ0) is 15.1. The van der Waals surface area contributed by atoms with Gasteiger partial charge in [0.1, 0.15) is 0 Å². The van der Waals surface area contributed by atoms with Crippen molar-refractivity contribution in [3.8, 4) is 0 Å². The largest absolute Gasteiger partial charge is 0.501 e. The molecule has 0 fully saturated rings. The molecule has 0 aliphatic heterocycles. The van der Waals surface area contributed by atoms with Crippen molar-refractivity contribution in [1.29, 1.82) is 0 Å². The van der Waals surface area contributed by atoms with E-state index in [0.29, 0.717) is 6.61 Å². The molecule has 0 saturated heterocycles. The summed E-state index contributed by atoms with van der Waals surface area (Å²) in [4.78, 5) is 0. The summed E-state index contributed by atoms with van der Waals surface area (Å²) in [5, 5.41) is 8.71. The minimum Gasteiger partial charge on any atom is -0.501 e. The fraction of sp³-hybridized carbons (Fsp3) is 0.294. The lowest BCUT2D eigenvalue weighted by molar-refractivity contribution is 0.0753. The average Bonchev–Trinajstić information content (AvgIpc) is 2.49. The van der Waals surface area contributed by atoms with E-state index in [1.807, 2.05) is 50.3 Å². The van der Waals surface area contributed by atoms with Gasteiger partial charge < -0.3 is 9.84 Å². The van der Waals surface area contributed by atoms with Crippen LogP contribution in [0.4, 0.5) is 0 Å². The van der Waals surface area contributed by atoms with Crippen LogP contribution in [-0.4, -0.2) is 18.3 Å². The molecule has 0 radical (unpaired) electrons. The highest BCUT2D eigenvalue weighted by Gasteiger charge is 2.15. The highest BCUT2D eigenvalue weighted by atomic mass is 16.5. The molecule has 2 heteroatoms. The van der Waals surface area contributed by atoms with Gasteiger partial charge in [0.15, 0.2) is 0 Å². The molecule has 1 N–H and O–H groups in total. The first-order valence-corrected chi connectivity index (χ1v) is 6.06. The molecule has 0 atom stereocenters. The number of hydrogen-bond donors (Lipinski definition) is 1. The Morgan fingerprint density at radius 3 is 2.00 bits per heavy atom. The maximum absolute atomic E-state index is 8.71. The second kappa shape index (κ2) is 12.7. The molecular weight excluding hydrogens is 236 g/mol. The Kier molecular flexibility index (Phi) is 13.0. The smallest absolute Gasteiger partial charge is 0.0945 e. The Morgan fingerprint density at radius 2 is 1.68 bits per heavy atom. The molecule has 0 unspecified atom stereocenters. The van der Waals surface area contributed by atoms with Crippen molar-refractivity contribution in [1.82, 2.24) is 0 Å². The van der Waals surface area contributed by atoms with Crippen LogP contribution in [-0.2, 0) is 4.74 Å². The molecule has 0 heterocycles. The molecule has 0 aliphatic rings. The van der Waals surface area contributed by atoms with Crippen molar-refractivity contribution < 1.29 is 9.84 Å². The number of aliphatic hydroxyl groups is 1. The second-order valence-electron chi connectivity index (χ2n) is 4.41. The lowest BCUT2D eigenvalue weighted by atomic mass is 9.97. The summed E-state index contributed by atoms with van der Waals surface area (Å²) in [5.41, 5.74) is 1.03. The van der Waals surface area contributed by atoms with Gasteiger partial charge in [0, 0.05) is 5.41 Å². The minimum absolute atomic E-state index is 0.140. The van der Waals surface area contributed by atoms with Crippen molar-refractivity contribution in [2.45, 2.75) is 13.8 Å². The summed E-state index contributed by atoms with van der Waals surface area (Å²) in [6.07, 6.45) is 3.22. The zero-order valence-corrected chi connectivity index (χ0v) is 12.1. The van der Waals surface area contributed by atoms with E-state index in [9.17, 15) is 0 Å². The van der Waals surface area contributed by atoms with E-state index in [1.165, 1.54) is 11.8 Å². The number of aliphatic hydroxyl groups excluding tert-OH is 1. The second-order valence-corrected chi connectivity index (χ2v) is 4.41. The number of ether oxygens (including phenoxy) is 1. The lowest BCUT2D eigenvalue weighted by Crippen LogP contribution is -2.22. The van der Waals surface area contributed by atoms with Gasteiger partial charge in [-0.15, -0.1) is 13.2 Å². The van der Waals surface area contributed by atoms with Crippen LogP contribution in [0.15, 0.2) is 62.9 Å². The number of hydrogen-bond acceptors (Lipinski definition) is 2. The summed E-state index contributed by atoms with van der Waals surface area (Å²) in [7, 11) is 0. The third-order valence-electron chi connectivity index (χ3n) is 2.06. The number of rotatable bonds is 5. The van der Waals surface area contributed by atoms with E-state index in [2.05, 4.69) is 26.3 Å². The first kappa shape index (κ1) is 19.5. The molecule has 2 nitrogen and oxygen atoms in total. The summed E-state index contributed by atoms with van der Waals surface area (Å²) >= 11 is 0. The van der Waals surface area contributed by atoms with Gasteiger partial charge >= 0.3 is 0 Å². The molecule has 0 saturated carbocycles. The van der Waals surface area contributed by atoms with Crippen LogP contribution in [0.5, 0.6) is 0 Å². The fourth-order valence-corrected chi connectivity index (χ4v) is 0.919. The number of benzene rings is 1. The van der Waals surface area contributed by atoms with Crippen LogP contribution in [0, 0.1) is 5.41 Å². The van der Waals surface area contributed by atoms with Gasteiger partial charge in [-0.05, 0) is 5.56 Å². The van der Waals surface area contributed by atoms with Crippen molar-refractivity contribution >= 4 is 6.08 Å². The first-order chi connectivity index (χ1) is 9.05. The van der Waals surface area contributed by atoms with E-state index >= 15 is 0 Å². The predicted octanol–water partition coefficient (Wildman–Crippen LogP) is 4.30. The van der Waals surface area contributed by atoms with Crippen LogP contribution >= 0.6 is 0 Å². The maximum atomic E-state index is 8.71. The van der Waals surface area contributed by atoms with Crippen LogP contribution in [0.1, 0.15) is 19.4 Å². The summed E-state index contributed by atoms with van der Waals surface area (Å²) < 4.78 is 4.89. The van der Waals surface area contributed by atoms with Crippen LogP contribution in [0.2, 0.25) is 0 Å². The molecule has 0 bridgehead atoms. The summed E-state index contributed by atoms with van der Waals surface area (Å²) in [6.45, 7) is 17.5. The van der Waals surface area contributed by atoms with E-state index in [4.69, 9.17) is 9.84 Å². The molecule has 1 aromatic carbocycles. The molecule has 0 spiro atoms.